The standard InChI is InChI=1S/C24H19NO6/c1-15-11-23(27)31-21-12-17(9-10-18(15)21)29-14-24(28)30-13-22(26)25-20-8-4-6-16-5-2-3-7-19(16)20/h2-12H,13-14H2,1H3,(H,25,26). The average molecular weight is 417 g/mol. The van der Waals surface area contributed by atoms with Gasteiger partial charge in [0.05, 0.1) is 0 Å². The molecule has 31 heavy (non-hydrogen) atoms. The summed E-state index contributed by atoms with van der Waals surface area (Å²) in [4.78, 5) is 35.6. The Kier molecular flexibility index (Phi) is 5.66. The number of nitrogens with one attached hydrogen (secondary N) is 1. The molecule has 0 aliphatic heterocycles. The van der Waals surface area contributed by atoms with Crippen LogP contribution in [-0.2, 0) is 14.3 Å². The van der Waals surface area contributed by atoms with Crippen LogP contribution in [0.2, 0.25) is 0 Å². The fraction of sp³-hybridized carbons (Fsp3) is 0.125. The van der Waals surface area contributed by atoms with Crippen molar-refractivity contribution in [2.75, 3.05) is 18.5 Å². The van der Waals surface area contributed by atoms with Gasteiger partial charge in [0.2, 0.25) is 0 Å². The molecular weight excluding hydrogens is 398 g/mol. The molecule has 1 amide bonds. The minimum atomic E-state index is -0.695. The Hall–Kier alpha value is -4.13. The first kappa shape index (κ1) is 20.2. The summed E-state index contributed by atoms with van der Waals surface area (Å²) in [5.41, 5.74) is 1.34. The highest BCUT2D eigenvalue weighted by Gasteiger charge is 2.11. The van der Waals surface area contributed by atoms with Crippen molar-refractivity contribution in [3.63, 3.8) is 0 Å². The molecule has 7 heteroatoms. The minimum Gasteiger partial charge on any atom is -0.482 e. The Bertz CT molecular complexity index is 1340. The van der Waals surface area contributed by atoms with E-state index in [1.807, 2.05) is 36.4 Å². The van der Waals surface area contributed by atoms with Crippen molar-refractivity contribution in [2.45, 2.75) is 6.92 Å². The van der Waals surface area contributed by atoms with Gasteiger partial charge in [0.15, 0.2) is 13.2 Å². The van der Waals surface area contributed by atoms with Crippen LogP contribution in [0.5, 0.6) is 5.75 Å². The first-order chi connectivity index (χ1) is 15.0. The second-order valence-corrected chi connectivity index (χ2v) is 6.93. The molecular formula is C24H19NO6. The predicted octanol–water partition coefficient (Wildman–Crippen LogP) is 3.82. The summed E-state index contributed by atoms with van der Waals surface area (Å²) in [5, 5.41) is 5.41. The summed E-state index contributed by atoms with van der Waals surface area (Å²) >= 11 is 0. The Labute approximate surface area is 177 Å². The first-order valence-corrected chi connectivity index (χ1v) is 9.60. The van der Waals surface area contributed by atoms with Crippen molar-refractivity contribution in [3.05, 3.63) is 82.7 Å². The van der Waals surface area contributed by atoms with Crippen molar-refractivity contribution in [3.8, 4) is 5.75 Å². The van der Waals surface area contributed by atoms with Crippen molar-refractivity contribution >= 4 is 39.3 Å². The molecule has 1 heterocycles. The average Bonchev–Trinajstić information content (AvgIpc) is 2.76. The Morgan fingerprint density at radius 3 is 2.61 bits per heavy atom. The number of carbonyl (C=O) groups excluding carboxylic acids is 2. The molecule has 7 nitrogen and oxygen atoms in total. The van der Waals surface area contributed by atoms with Crippen molar-refractivity contribution in [1.29, 1.82) is 0 Å². The highest BCUT2D eigenvalue weighted by molar-refractivity contribution is 6.02. The summed E-state index contributed by atoms with van der Waals surface area (Å²) in [7, 11) is 0. The van der Waals surface area contributed by atoms with E-state index in [1.54, 1.807) is 25.1 Å². The quantitative estimate of drug-likeness (QED) is 0.379. The molecule has 4 aromatic rings. The number of esters is 1. The van der Waals surface area contributed by atoms with Gasteiger partial charge >= 0.3 is 11.6 Å². The fourth-order valence-electron chi connectivity index (χ4n) is 3.25. The number of benzene rings is 3. The van der Waals surface area contributed by atoms with Crippen LogP contribution in [0.1, 0.15) is 5.56 Å². The van der Waals surface area contributed by atoms with Crippen molar-refractivity contribution in [2.24, 2.45) is 0 Å². The zero-order valence-electron chi connectivity index (χ0n) is 16.7. The Morgan fingerprint density at radius 2 is 1.74 bits per heavy atom. The molecule has 0 saturated heterocycles. The zero-order chi connectivity index (χ0) is 21.8. The van der Waals surface area contributed by atoms with Crippen molar-refractivity contribution < 1.29 is 23.5 Å². The van der Waals surface area contributed by atoms with Gasteiger partial charge < -0.3 is 19.2 Å². The van der Waals surface area contributed by atoms with Crippen LogP contribution in [0.4, 0.5) is 5.69 Å². The Balaban J connectivity index is 1.31. The van der Waals surface area contributed by atoms with Gasteiger partial charge in [0.25, 0.3) is 5.91 Å². The summed E-state index contributed by atoms with van der Waals surface area (Å²) < 4.78 is 15.5. The number of amides is 1. The maximum Gasteiger partial charge on any atom is 0.344 e. The van der Waals surface area contributed by atoms with Crippen LogP contribution in [0.25, 0.3) is 21.7 Å². The lowest BCUT2D eigenvalue weighted by molar-refractivity contribution is -0.149. The highest BCUT2D eigenvalue weighted by atomic mass is 16.6. The fourth-order valence-corrected chi connectivity index (χ4v) is 3.25. The number of fused-ring (bicyclic) bond motifs is 2. The molecule has 1 N–H and O–H groups in total. The molecule has 0 aliphatic rings. The topological polar surface area (TPSA) is 94.8 Å². The molecule has 0 aliphatic carbocycles. The maximum atomic E-state index is 12.2. The smallest absolute Gasteiger partial charge is 0.344 e. The van der Waals surface area contributed by atoms with E-state index in [0.717, 1.165) is 21.7 Å². The summed E-state index contributed by atoms with van der Waals surface area (Å²) in [5.74, 6) is -0.801. The van der Waals surface area contributed by atoms with Gasteiger partial charge in [-0.15, -0.1) is 0 Å². The van der Waals surface area contributed by atoms with Crippen LogP contribution < -0.4 is 15.7 Å². The molecule has 0 spiro atoms. The van der Waals surface area contributed by atoms with Gasteiger partial charge in [-0.25, -0.2) is 9.59 Å². The van der Waals surface area contributed by atoms with Crippen molar-refractivity contribution in [1.82, 2.24) is 0 Å². The third kappa shape index (κ3) is 4.72. The van der Waals surface area contributed by atoms with E-state index in [9.17, 15) is 14.4 Å². The van der Waals surface area contributed by atoms with Gasteiger partial charge in [-0.3, -0.25) is 4.79 Å². The maximum absolute atomic E-state index is 12.2. The van der Waals surface area contributed by atoms with Crippen LogP contribution in [-0.4, -0.2) is 25.1 Å². The van der Waals surface area contributed by atoms with E-state index < -0.39 is 24.1 Å². The van der Waals surface area contributed by atoms with Crippen LogP contribution in [0.3, 0.4) is 0 Å². The number of aryl methyl sites for hydroxylation is 1. The van der Waals surface area contributed by atoms with Gasteiger partial charge in [-0.1, -0.05) is 36.4 Å². The van der Waals surface area contributed by atoms with Gasteiger partial charge in [-0.05, 0) is 36.1 Å². The van der Waals surface area contributed by atoms with Gasteiger partial charge in [0, 0.05) is 28.6 Å². The monoisotopic (exact) mass is 417 g/mol. The molecule has 3 aromatic carbocycles. The van der Waals surface area contributed by atoms with Gasteiger partial charge in [-0.2, -0.15) is 0 Å². The van der Waals surface area contributed by atoms with Crippen LogP contribution in [0, 0.1) is 6.92 Å². The largest absolute Gasteiger partial charge is 0.482 e. The third-order valence-corrected chi connectivity index (χ3v) is 4.71. The summed E-state index contributed by atoms with van der Waals surface area (Å²) in [6, 6.07) is 19.6. The normalized spacial score (nSPS) is 10.7. The number of hydrogen-bond donors (Lipinski definition) is 1. The number of carbonyl (C=O) groups is 2. The van der Waals surface area contributed by atoms with E-state index in [4.69, 9.17) is 13.9 Å². The van der Waals surface area contributed by atoms with E-state index in [-0.39, 0.29) is 6.61 Å². The van der Waals surface area contributed by atoms with Crippen LogP contribution in [0.15, 0.2) is 75.9 Å². The molecule has 0 radical (unpaired) electrons. The molecule has 156 valence electrons. The number of hydrogen-bond acceptors (Lipinski definition) is 6. The molecule has 1 aromatic heterocycles. The summed E-state index contributed by atoms with van der Waals surface area (Å²) in [6.45, 7) is 0.987. The first-order valence-electron chi connectivity index (χ1n) is 9.60. The number of ether oxygens (including phenoxy) is 2. The van der Waals surface area contributed by atoms with E-state index >= 15 is 0 Å². The minimum absolute atomic E-state index is 0.346. The third-order valence-electron chi connectivity index (χ3n) is 4.71. The number of rotatable bonds is 6. The second kappa shape index (κ2) is 8.71. The molecule has 0 saturated carbocycles. The molecule has 0 bridgehead atoms. The second-order valence-electron chi connectivity index (χ2n) is 6.93. The molecule has 0 fully saturated rings. The lowest BCUT2D eigenvalue weighted by Gasteiger charge is -2.10. The molecule has 4 rings (SSSR count). The summed E-state index contributed by atoms with van der Waals surface area (Å²) in [6.07, 6.45) is 0. The SMILES string of the molecule is Cc1cc(=O)oc2cc(OCC(=O)OCC(=O)Nc3cccc4ccccc34)ccc12. The lowest BCUT2D eigenvalue weighted by Crippen LogP contribution is -2.23. The van der Waals surface area contributed by atoms with Crippen LogP contribution >= 0.6 is 0 Å². The number of anilines is 1. The highest BCUT2D eigenvalue weighted by Crippen LogP contribution is 2.23. The van der Waals surface area contributed by atoms with E-state index in [0.29, 0.717) is 17.0 Å². The van der Waals surface area contributed by atoms with E-state index in [1.165, 1.54) is 12.1 Å². The predicted molar refractivity (Wildman–Crippen MR) is 116 cm³/mol. The van der Waals surface area contributed by atoms with E-state index in [2.05, 4.69) is 5.32 Å². The molecule has 0 atom stereocenters. The van der Waals surface area contributed by atoms with Gasteiger partial charge in [0.1, 0.15) is 11.3 Å². The zero-order valence-corrected chi connectivity index (χ0v) is 16.7. The Morgan fingerprint density at radius 1 is 0.935 bits per heavy atom. The lowest BCUT2D eigenvalue weighted by atomic mass is 10.1. The molecule has 0 unspecified atom stereocenters.